The van der Waals surface area contributed by atoms with Crippen LogP contribution in [0, 0.1) is 0 Å². The van der Waals surface area contributed by atoms with E-state index in [4.69, 9.17) is 0 Å². The summed E-state index contributed by atoms with van der Waals surface area (Å²) < 4.78 is 0. The van der Waals surface area contributed by atoms with Crippen molar-refractivity contribution in [2.24, 2.45) is 0 Å². The molecule has 0 aliphatic carbocycles. The smallest absolute Gasteiger partial charge is 0.136 e. The molecule has 4 nitrogen and oxygen atoms in total. The van der Waals surface area contributed by atoms with Crippen molar-refractivity contribution in [1.82, 2.24) is 15.3 Å². The molecule has 0 aliphatic heterocycles. The molecule has 0 saturated carbocycles. The van der Waals surface area contributed by atoms with Crippen LogP contribution in [0.3, 0.4) is 0 Å². The van der Waals surface area contributed by atoms with Crippen molar-refractivity contribution in [2.45, 2.75) is 19.5 Å². The molecule has 2 aromatic heterocycles. The second kappa shape index (κ2) is 5.93. The number of rotatable bonds is 5. The molecule has 2 heterocycles. The number of nitrogens with zero attached hydrogens (tertiary/aromatic N) is 3. The fraction of sp³-hybridized carbons (Fsp3) is 0.385. The Morgan fingerprint density at radius 3 is 3.00 bits per heavy atom. The number of aromatic nitrogens is 2. The molecular formula is C13H18N4S. The summed E-state index contributed by atoms with van der Waals surface area (Å²) in [6.45, 7) is 2.97. The van der Waals surface area contributed by atoms with E-state index >= 15 is 0 Å². The first-order valence-corrected chi connectivity index (χ1v) is 6.81. The Labute approximate surface area is 112 Å². The van der Waals surface area contributed by atoms with Gasteiger partial charge in [0.1, 0.15) is 12.1 Å². The van der Waals surface area contributed by atoms with Crippen LogP contribution in [0.15, 0.2) is 30.0 Å². The van der Waals surface area contributed by atoms with E-state index in [1.165, 1.54) is 4.88 Å². The number of nitrogens with one attached hydrogen (secondary N) is 1. The van der Waals surface area contributed by atoms with E-state index in [0.717, 1.165) is 17.9 Å². The number of thiophene rings is 1. The molecule has 0 radical (unpaired) electrons. The highest BCUT2D eigenvalue weighted by Crippen LogP contribution is 2.28. The van der Waals surface area contributed by atoms with Gasteiger partial charge in [-0.05, 0) is 25.4 Å². The molecule has 0 fully saturated rings. The van der Waals surface area contributed by atoms with Crippen molar-refractivity contribution in [1.29, 1.82) is 0 Å². The second-order valence-electron chi connectivity index (χ2n) is 4.20. The van der Waals surface area contributed by atoms with Crippen LogP contribution in [-0.2, 0) is 6.54 Å². The predicted molar refractivity (Wildman–Crippen MR) is 75.9 cm³/mol. The van der Waals surface area contributed by atoms with Crippen LogP contribution in [0.4, 0.5) is 5.82 Å². The van der Waals surface area contributed by atoms with Gasteiger partial charge in [-0.2, -0.15) is 0 Å². The van der Waals surface area contributed by atoms with E-state index in [2.05, 4.69) is 51.7 Å². The molecule has 5 heteroatoms. The average Bonchev–Trinajstić information content (AvgIpc) is 2.92. The molecule has 2 rings (SSSR count). The van der Waals surface area contributed by atoms with Crippen LogP contribution < -0.4 is 10.2 Å². The standard InChI is InChI=1S/C13H18N4S/c1-10(12-5-4-6-18-12)17(3)13-11(7-14-2)8-15-9-16-13/h4-6,8-10,14H,7H2,1-3H3. The Kier molecular flexibility index (Phi) is 4.28. The van der Waals surface area contributed by atoms with Crippen molar-refractivity contribution >= 4 is 17.2 Å². The third-order valence-corrected chi connectivity index (χ3v) is 4.04. The summed E-state index contributed by atoms with van der Waals surface area (Å²) in [5.74, 6) is 0.986. The Balaban J connectivity index is 2.25. The average molecular weight is 262 g/mol. The molecule has 0 amide bonds. The molecule has 18 heavy (non-hydrogen) atoms. The lowest BCUT2D eigenvalue weighted by molar-refractivity contribution is 0.721. The first-order valence-electron chi connectivity index (χ1n) is 5.93. The van der Waals surface area contributed by atoms with E-state index in [9.17, 15) is 0 Å². The van der Waals surface area contributed by atoms with Gasteiger partial charge in [0.05, 0.1) is 6.04 Å². The fourth-order valence-electron chi connectivity index (χ4n) is 1.89. The molecule has 0 aliphatic rings. The first-order chi connectivity index (χ1) is 8.74. The third kappa shape index (κ3) is 2.68. The summed E-state index contributed by atoms with van der Waals surface area (Å²) in [6, 6.07) is 4.55. The van der Waals surface area contributed by atoms with E-state index in [1.54, 1.807) is 17.7 Å². The summed E-state index contributed by atoms with van der Waals surface area (Å²) in [7, 11) is 4.01. The van der Waals surface area contributed by atoms with E-state index in [-0.39, 0.29) is 0 Å². The van der Waals surface area contributed by atoms with Crippen molar-refractivity contribution in [3.05, 3.63) is 40.5 Å². The summed E-state index contributed by atoms with van der Waals surface area (Å²) >= 11 is 1.77. The Bertz CT molecular complexity index is 483. The molecule has 0 bridgehead atoms. The molecule has 1 atom stereocenters. The molecular weight excluding hydrogens is 244 g/mol. The zero-order valence-corrected chi connectivity index (χ0v) is 11.7. The summed E-state index contributed by atoms with van der Waals surface area (Å²) in [6.07, 6.45) is 3.47. The zero-order chi connectivity index (χ0) is 13.0. The third-order valence-electron chi connectivity index (χ3n) is 3.00. The normalized spacial score (nSPS) is 12.4. The lowest BCUT2D eigenvalue weighted by atomic mass is 10.2. The maximum Gasteiger partial charge on any atom is 0.136 e. The van der Waals surface area contributed by atoms with Gasteiger partial charge >= 0.3 is 0 Å². The minimum absolute atomic E-state index is 0.315. The monoisotopic (exact) mass is 262 g/mol. The molecule has 0 saturated heterocycles. The van der Waals surface area contributed by atoms with Crippen molar-refractivity contribution in [3.8, 4) is 0 Å². The van der Waals surface area contributed by atoms with Gasteiger partial charge in [0, 0.05) is 30.2 Å². The topological polar surface area (TPSA) is 41.1 Å². The molecule has 1 unspecified atom stereocenters. The number of hydrogen-bond acceptors (Lipinski definition) is 5. The van der Waals surface area contributed by atoms with Gasteiger partial charge in [-0.15, -0.1) is 11.3 Å². The number of hydrogen-bond donors (Lipinski definition) is 1. The Morgan fingerprint density at radius 1 is 1.50 bits per heavy atom. The largest absolute Gasteiger partial charge is 0.352 e. The zero-order valence-electron chi connectivity index (χ0n) is 10.9. The van der Waals surface area contributed by atoms with Gasteiger partial charge in [-0.1, -0.05) is 6.07 Å². The van der Waals surface area contributed by atoms with Crippen molar-refractivity contribution in [2.75, 3.05) is 19.0 Å². The minimum Gasteiger partial charge on any atom is -0.352 e. The van der Waals surface area contributed by atoms with E-state index in [1.807, 2.05) is 13.2 Å². The lowest BCUT2D eigenvalue weighted by Gasteiger charge is -2.26. The first kappa shape index (κ1) is 13.0. The van der Waals surface area contributed by atoms with Crippen molar-refractivity contribution < 1.29 is 0 Å². The summed E-state index contributed by atoms with van der Waals surface area (Å²) in [5.41, 5.74) is 1.12. The minimum atomic E-state index is 0.315. The lowest BCUT2D eigenvalue weighted by Crippen LogP contribution is -2.24. The van der Waals surface area contributed by atoms with E-state index in [0.29, 0.717) is 6.04 Å². The maximum atomic E-state index is 4.41. The van der Waals surface area contributed by atoms with Gasteiger partial charge in [-0.25, -0.2) is 9.97 Å². The Morgan fingerprint density at radius 2 is 2.33 bits per heavy atom. The SMILES string of the molecule is CNCc1cncnc1N(C)C(C)c1cccs1. The molecule has 96 valence electrons. The fourth-order valence-corrected chi connectivity index (χ4v) is 2.71. The molecule has 1 N–H and O–H groups in total. The van der Waals surface area contributed by atoms with Gasteiger partial charge in [0.2, 0.25) is 0 Å². The second-order valence-corrected chi connectivity index (χ2v) is 5.18. The van der Waals surface area contributed by atoms with Gasteiger partial charge in [-0.3, -0.25) is 0 Å². The Hall–Kier alpha value is -1.46. The van der Waals surface area contributed by atoms with Gasteiger partial charge in [0.15, 0.2) is 0 Å². The predicted octanol–water partition coefficient (Wildman–Crippen LogP) is 2.45. The summed E-state index contributed by atoms with van der Waals surface area (Å²) in [4.78, 5) is 12.0. The van der Waals surface area contributed by atoms with Crippen LogP contribution in [0.25, 0.3) is 0 Å². The van der Waals surface area contributed by atoms with Crippen LogP contribution in [0.5, 0.6) is 0 Å². The molecule has 0 spiro atoms. The van der Waals surface area contributed by atoms with Crippen molar-refractivity contribution in [3.63, 3.8) is 0 Å². The van der Waals surface area contributed by atoms with Crippen LogP contribution in [-0.4, -0.2) is 24.1 Å². The summed E-state index contributed by atoms with van der Waals surface area (Å²) in [5, 5.41) is 5.25. The quantitative estimate of drug-likeness (QED) is 0.898. The molecule has 0 aromatic carbocycles. The number of anilines is 1. The highest BCUT2D eigenvalue weighted by Gasteiger charge is 2.16. The van der Waals surface area contributed by atoms with Crippen LogP contribution in [0.2, 0.25) is 0 Å². The van der Waals surface area contributed by atoms with Crippen LogP contribution >= 0.6 is 11.3 Å². The van der Waals surface area contributed by atoms with Gasteiger partial charge in [0.25, 0.3) is 0 Å². The highest BCUT2D eigenvalue weighted by atomic mass is 32.1. The van der Waals surface area contributed by atoms with Crippen LogP contribution in [0.1, 0.15) is 23.4 Å². The van der Waals surface area contributed by atoms with Gasteiger partial charge < -0.3 is 10.2 Å². The highest BCUT2D eigenvalue weighted by molar-refractivity contribution is 7.10. The van der Waals surface area contributed by atoms with E-state index < -0.39 is 0 Å². The molecule has 2 aromatic rings. The maximum absolute atomic E-state index is 4.41.